The average molecular weight is 484 g/mol. The molecule has 0 heterocycles. The van der Waals surface area contributed by atoms with Gasteiger partial charge in [0.25, 0.3) is 0 Å². The molecule has 4 nitrogen and oxygen atoms in total. The second-order valence-corrected chi connectivity index (χ2v) is 5.80. The number of hydrogen-bond acceptors (Lipinski definition) is 2. The first-order valence-corrected chi connectivity index (χ1v) is 12.2. The van der Waals surface area contributed by atoms with E-state index in [9.17, 15) is 9.59 Å². The Balaban J connectivity index is -0.000000348. The summed E-state index contributed by atoms with van der Waals surface area (Å²) in [6, 6.07) is 29.3. The van der Waals surface area contributed by atoms with Crippen LogP contribution in [-0.4, -0.2) is 29.8 Å². The summed E-state index contributed by atoms with van der Waals surface area (Å²) in [7, 11) is 2.97. The van der Waals surface area contributed by atoms with Crippen molar-refractivity contribution >= 4 is 41.1 Å². The van der Waals surface area contributed by atoms with Crippen molar-refractivity contribution in [1.82, 2.24) is 0 Å². The van der Waals surface area contributed by atoms with Crippen LogP contribution in [0.25, 0.3) is 21.5 Å². The first-order chi connectivity index (χ1) is 14.5. The van der Waals surface area contributed by atoms with E-state index < -0.39 is 11.9 Å². The van der Waals surface area contributed by atoms with E-state index in [-0.39, 0.29) is 27.7 Å². The maximum absolute atomic E-state index is 9.37. The normalized spacial score (nSPS) is 8.16. The maximum atomic E-state index is 9.37. The molecular formula is C26H32O4SiTi-4. The summed E-state index contributed by atoms with van der Waals surface area (Å²) in [6.45, 7) is 3.20. The van der Waals surface area contributed by atoms with Gasteiger partial charge in [0.1, 0.15) is 0 Å². The fourth-order valence-corrected chi connectivity index (χ4v) is 2.14. The molecule has 0 saturated heterocycles. The molecule has 0 aliphatic rings. The molecule has 0 aromatic heterocycles. The summed E-state index contributed by atoms with van der Waals surface area (Å²) >= 11 is 1.81. The maximum Gasteiger partial charge on any atom is -0.0809 e. The van der Waals surface area contributed by atoms with Gasteiger partial charge in [0.15, 0.2) is 0 Å². The molecule has 0 atom stereocenters. The molecule has 2 N–H and O–H groups in total. The van der Waals surface area contributed by atoms with Crippen LogP contribution in [0.2, 0.25) is 0 Å². The number of carbonyl (C=O) groups is 2. The van der Waals surface area contributed by atoms with E-state index in [2.05, 4.69) is 92.6 Å². The predicted molar refractivity (Wildman–Crippen MR) is 134 cm³/mol. The molecule has 0 aliphatic carbocycles. The zero-order chi connectivity index (χ0) is 22.8. The summed E-state index contributed by atoms with van der Waals surface area (Å²) < 4.78 is 0. The number of rotatable bonds is 2. The van der Waals surface area contributed by atoms with Gasteiger partial charge in [-0.15, -0.1) is 59.3 Å². The zero-order valence-corrected chi connectivity index (χ0v) is 21.8. The molecule has 0 aliphatic heterocycles. The second-order valence-electron chi connectivity index (χ2n) is 5.80. The summed E-state index contributed by atoms with van der Waals surface area (Å²) in [5.74, 6) is -1.49. The Labute approximate surface area is 206 Å². The number of carboxylic acids is 2. The first kappa shape index (κ1) is 34.2. The Hall–Kier alpha value is -2.47. The minimum Gasteiger partial charge on any atom is -0.168 e. The Morgan fingerprint density at radius 2 is 1.00 bits per heavy atom. The Morgan fingerprint density at radius 3 is 1.25 bits per heavy atom. The van der Waals surface area contributed by atoms with Crippen LogP contribution in [0.15, 0.2) is 84.9 Å². The quantitative estimate of drug-likeness (QED) is 0.248. The molecule has 0 saturated carbocycles. The Morgan fingerprint density at radius 1 is 0.719 bits per heavy atom. The molecule has 0 bridgehead atoms. The second kappa shape index (κ2) is 21.8. The van der Waals surface area contributed by atoms with Crippen LogP contribution in [0.1, 0.15) is 26.7 Å². The third-order valence-electron chi connectivity index (χ3n) is 3.70. The average Bonchev–Trinajstić information content (AvgIpc) is 3.45. The van der Waals surface area contributed by atoms with Crippen LogP contribution in [0.4, 0.5) is 0 Å². The molecule has 4 aromatic carbocycles. The van der Waals surface area contributed by atoms with Gasteiger partial charge < -0.3 is 25.1 Å². The van der Waals surface area contributed by atoms with Crippen LogP contribution in [0.3, 0.4) is 0 Å². The molecule has 172 valence electrons. The number of fused-ring (bicyclic) bond motifs is 2. The van der Waals surface area contributed by atoms with Crippen LogP contribution in [0.5, 0.6) is 0 Å². The Bertz CT molecular complexity index is 851. The standard InChI is InChI=1S/2C9H7.2C3H6O2.2CH3.Si.Ti/c2*1-2-5-9-7-3-6-8(9)4-1;2*1-2-3(4)5;;;;/h2*1-7H;2*2H2,1H3,(H,4,5);2*1H3;;/q2*-1;;;2*-1;;. The largest absolute Gasteiger partial charge is 0.168 e. The molecule has 2 radical (unpaired) electrons. The summed E-state index contributed by atoms with van der Waals surface area (Å²) in [5, 5.41) is 20.8. The van der Waals surface area contributed by atoms with Gasteiger partial charge in [-0.1, -0.05) is 26.0 Å². The van der Waals surface area contributed by atoms with E-state index in [0.29, 0.717) is 0 Å². The minimum absolute atomic E-state index is 0. The van der Waals surface area contributed by atoms with Gasteiger partial charge in [-0.2, -0.15) is 35.0 Å². The first-order valence-electron chi connectivity index (χ1n) is 9.37. The van der Waals surface area contributed by atoms with Crippen LogP contribution in [0, 0.1) is 14.9 Å². The molecular weight excluding hydrogens is 452 g/mol. The molecule has 0 spiro atoms. The van der Waals surface area contributed by atoms with E-state index in [1.807, 2.05) is 0 Å². The van der Waals surface area contributed by atoms with E-state index in [0.717, 1.165) is 0 Å². The molecule has 4 aromatic rings. The van der Waals surface area contributed by atoms with Crippen molar-refractivity contribution in [1.29, 1.82) is 0 Å². The number of aliphatic carboxylic acids is 2. The van der Waals surface area contributed by atoms with Crippen molar-refractivity contribution in [3.05, 3.63) is 99.8 Å². The monoisotopic (exact) mass is 484 g/mol. The topological polar surface area (TPSA) is 74.6 Å². The number of benzene rings is 2. The van der Waals surface area contributed by atoms with Gasteiger partial charge in [-0.3, -0.25) is 9.59 Å². The zero-order valence-electron chi connectivity index (χ0n) is 19.2. The molecule has 0 fully saturated rings. The van der Waals surface area contributed by atoms with Crippen molar-refractivity contribution in [3.8, 4) is 0 Å². The third-order valence-corrected chi connectivity index (χ3v) is 3.70. The molecule has 32 heavy (non-hydrogen) atoms. The van der Waals surface area contributed by atoms with E-state index in [1.165, 1.54) is 21.5 Å². The van der Waals surface area contributed by atoms with Gasteiger partial charge in [0, 0.05) is 12.8 Å². The Kier molecular flexibility index (Phi) is 23.2. The molecule has 0 unspecified atom stereocenters. The van der Waals surface area contributed by atoms with Gasteiger partial charge in [0.2, 0.25) is 0 Å². The predicted octanol–water partition coefficient (Wildman–Crippen LogP) is 6.60. The van der Waals surface area contributed by atoms with Gasteiger partial charge >= 0.3 is 38.7 Å². The van der Waals surface area contributed by atoms with Crippen molar-refractivity contribution < 1.29 is 39.0 Å². The molecule has 6 heteroatoms. The summed E-state index contributed by atoms with van der Waals surface area (Å²) in [6.07, 6.45) is 0.444. The van der Waals surface area contributed by atoms with Crippen molar-refractivity contribution in [2.75, 3.05) is 0 Å². The SMILES string of the molecule is CCC(=O)O.CCC(=O)O.[CH3-].[CH3-].[Si]=[Ti].c1ccc2[cH-]ccc2c1.c1ccc2[cH-]ccc2c1. The third kappa shape index (κ3) is 15.4. The minimum atomic E-state index is -0.745. The summed E-state index contributed by atoms with van der Waals surface area (Å²) in [4.78, 5) is 18.7. The number of hydrogen-bond donors (Lipinski definition) is 2. The molecule has 0 amide bonds. The van der Waals surface area contributed by atoms with Crippen LogP contribution in [-0.2, 0) is 28.8 Å². The van der Waals surface area contributed by atoms with Gasteiger partial charge in [0.05, 0.1) is 0 Å². The fourth-order valence-electron chi connectivity index (χ4n) is 2.14. The van der Waals surface area contributed by atoms with Gasteiger partial charge in [-0.05, 0) is 0 Å². The smallest absolute Gasteiger partial charge is 0.0809 e. The van der Waals surface area contributed by atoms with E-state index >= 15 is 0 Å². The van der Waals surface area contributed by atoms with Gasteiger partial charge in [-0.25, -0.2) is 0 Å². The van der Waals surface area contributed by atoms with Crippen LogP contribution < -0.4 is 0 Å². The van der Waals surface area contributed by atoms with E-state index in [4.69, 9.17) is 10.2 Å². The van der Waals surface area contributed by atoms with E-state index in [1.54, 1.807) is 33.0 Å². The molecule has 4 rings (SSSR count). The summed E-state index contributed by atoms with van der Waals surface area (Å²) in [5.41, 5.74) is 0. The van der Waals surface area contributed by atoms with Crippen molar-refractivity contribution in [3.63, 3.8) is 0 Å². The van der Waals surface area contributed by atoms with Crippen molar-refractivity contribution in [2.45, 2.75) is 26.7 Å². The van der Waals surface area contributed by atoms with Crippen molar-refractivity contribution in [2.24, 2.45) is 0 Å². The van der Waals surface area contributed by atoms with Crippen LogP contribution >= 0.6 is 0 Å². The fraction of sp³-hybridized carbons (Fsp3) is 0.154. The number of carboxylic acid groups (broad SMARTS) is 2.